The standard InChI is InChI=1S/C14H23N5O2/c1-2-5-14(13(20)21)6-8-18(9-7-14)10-12-15-16-17-19(12)11-3-4-11/h11H,2-10H2,1H3,(H,20,21). The Morgan fingerprint density at radius 1 is 1.38 bits per heavy atom. The van der Waals surface area contributed by atoms with Gasteiger partial charge in [-0.15, -0.1) is 5.10 Å². The summed E-state index contributed by atoms with van der Waals surface area (Å²) in [5.74, 6) is 0.280. The molecule has 2 aliphatic rings. The number of piperidine rings is 1. The summed E-state index contributed by atoms with van der Waals surface area (Å²) in [7, 11) is 0. The summed E-state index contributed by atoms with van der Waals surface area (Å²) in [5, 5.41) is 21.5. The summed E-state index contributed by atoms with van der Waals surface area (Å²) in [4.78, 5) is 13.9. The van der Waals surface area contributed by atoms with E-state index in [1.165, 1.54) is 0 Å². The number of carboxylic acids is 1. The lowest BCUT2D eigenvalue weighted by molar-refractivity contribution is -0.152. The SMILES string of the molecule is CCCC1(C(=O)O)CCN(Cc2nnnn2C2CC2)CC1. The molecule has 0 bridgehead atoms. The fourth-order valence-corrected chi connectivity index (χ4v) is 3.31. The third-order valence-corrected chi connectivity index (χ3v) is 4.81. The number of hydrogen-bond acceptors (Lipinski definition) is 5. The highest BCUT2D eigenvalue weighted by Gasteiger charge is 2.40. The largest absolute Gasteiger partial charge is 0.481 e. The first-order valence-electron chi connectivity index (χ1n) is 7.87. The maximum Gasteiger partial charge on any atom is 0.309 e. The molecule has 0 aromatic carbocycles. The molecule has 1 saturated heterocycles. The zero-order valence-corrected chi connectivity index (χ0v) is 12.5. The van der Waals surface area contributed by atoms with Gasteiger partial charge in [0.1, 0.15) is 0 Å². The second-order valence-electron chi connectivity index (χ2n) is 6.38. The quantitative estimate of drug-likeness (QED) is 0.855. The van der Waals surface area contributed by atoms with Crippen LogP contribution in [0.2, 0.25) is 0 Å². The van der Waals surface area contributed by atoms with Crippen molar-refractivity contribution in [2.75, 3.05) is 13.1 Å². The van der Waals surface area contributed by atoms with E-state index in [-0.39, 0.29) is 0 Å². The van der Waals surface area contributed by atoms with Crippen LogP contribution < -0.4 is 0 Å². The van der Waals surface area contributed by atoms with Crippen molar-refractivity contribution >= 4 is 5.97 Å². The van der Waals surface area contributed by atoms with Crippen LogP contribution in [0.15, 0.2) is 0 Å². The van der Waals surface area contributed by atoms with E-state index < -0.39 is 11.4 Å². The molecule has 1 N–H and O–H groups in total. The molecule has 0 unspecified atom stereocenters. The Kier molecular flexibility index (Phi) is 3.93. The number of aliphatic carboxylic acids is 1. The predicted molar refractivity (Wildman–Crippen MR) is 75.6 cm³/mol. The minimum absolute atomic E-state index is 0.484. The Hall–Kier alpha value is -1.50. The smallest absolute Gasteiger partial charge is 0.309 e. The second kappa shape index (κ2) is 5.71. The Bertz CT molecular complexity index is 503. The van der Waals surface area contributed by atoms with Crippen molar-refractivity contribution in [1.82, 2.24) is 25.1 Å². The van der Waals surface area contributed by atoms with Crippen LogP contribution in [0.4, 0.5) is 0 Å². The molecule has 7 heteroatoms. The topological polar surface area (TPSA) is 84.1 Å². The van der Waals surface area contributed by atoms with Gasteiger partial charge in [0.2, 0.25) is 0 Å². The first-order valence-corrected chi connectivity index (χ1v) is 7.87. The van der Waals surface area contributed by atoms with Crippen molar-refractivity contribution in [2.24, 2.45) is 5.41 Å². The number of likely N-dealkylation sites (tertiary alicyclic amines) is 1. The van der Waals surface area contributed by atoms with E-state index >= 15 is 0 Å². The van der Waals surface area contributed by atoms with Crippen molar-refractivity contribution in [3.8, 4) is 0 Å². The van der Waals surface area contributed by atoms with Crippen LogP contribution in [0.25, 0.3) is 0 Å². The lowest BCUT2D eigenvalue weighted by Gasteiger charge is -2.38. The van der Waals surface area contributed by atoms with E-state index in [0.717, 1.165) is 64.0 Å². The molecule has 0 atom stereocenters. The molecular formula is C14H23N5O2. The lowest BCUT2D eigenvalue weighted by Crippen LogP contribution is -2.44. The first kappa shape index (κ1) is 14.4. The summed E-state index contributed by atoms with van der Waals surface area (Å²) in [6, 6.07) is 0.484. The van der Waals surface area contributed by atoms with Gasteiger partial charge in [-0.25, -0.2) is 4.68 Å². The Balaban J connectivity index is 1.60. The van der Waals surface area contributed by atoms with E-state index in [9.17, 15) is 9.90 Å². The van der Waals surface area contributed by atoms with Crippen LogP contribution in [0.3, 0.4) is 0 Å². The lowest BCUT2D eigenvalue weighted by atomic mass is 9.75. The van der Waals surface area contributed by atoms with Crippen molar-refractivity contribution < 1.29 is 9.90 Å². The van der Waals surface area contributed by atoms with E-state index in [1.54, 1.807) is 0 Å². The van der Waals surface area contributed by atoms with Crippen molar-refractivity contribution in [3.63, 3.8) is 0 Å². The second-order valence-corrected chi connectivity index (χ2v) is 6.38. The number of carbonyl (C=O) groups is 1. The number of aromatic nitrogens is 4. The highest BCUT2D eigenvalue weighted by atomic mass is 16.4. The Labute approximate surface area is 124 Å². The van der Waals surface area contributed by atoms with Crippen molar-refractivity contribution in [1.29, 1.82) is 0 Å². The molecule has 3 rings (SSSR count). The zero-order valence-electron chi connectivity index (χ0n) is 12.5. The molecular weight excluding hydrogens is 270 g/mol. The summed E-state index contributed by atoms with van der Waals surface area (Å²) in [6.45, 7) is 4.40. The predicted octanol–water partition coefficient (Wildman–Crippen LogP) is 1.47. The molecule has 1 aromatic heterocycles. The van der Waals surface area contributed by atoms with E-state index in [2.05, 4.69) is 27.3 Å². The molecule has 7 nitrogen and oxygen atoms in total. The van der Waals surface area contributed by atoms with Gasteiger partial charge in [0.25, 0.3) is 0 Å². The van der Waals surface area contributed by atoms with E-state index in [0.29, 0.717) is 6.04 Å². The molecule has 0 spiro atoms. The Morgan fingerprint density at radius 2 is 2.10 bits per heavy atom. The third kappa shape index (κ3) is 2.92. The van der Waals surface area contributed by atoms with Gasteiger partial charge in [0.15, 0.2) is 5.82 Å². The highest BCUT2D eigenvalue weighted by molar-refractivity contribution is 5.74. The monoisotopic (exact) mass is 293 g/mol. The van der Waals surface area contributed by atoms with Crippen LogP contribution in [0, 0.1) is 5.41 Å². The minimum Gasteiger partial charge on any atom is -0.481 e. The molecule has 1 saturated carbocycles. The summed E-state index contributed by atoms with van der Waals surface area (Å²) < 4.78 is 1.94. The van der Waals surface area contributed by atoms with Crippen molar-refractivity contribution in [2.45, 2.75) is 58.0 Å². The third-order valence-electron chi connectivity index (χ3n) is 4.81. The van der Waals surface area contributed by atoms with Crippen LogP contribution >= 0.6 is 0 Å². The maximum atomic E-state index is 11.6. The van der Waals surface area contributed by atoms with Gasteiger partial charge in [-0.05, 0) is 55.6 Å². The van der Waals surface area contributed by atoms with Gasteiger partial charge >= 0.3 is 5.97 Å². The molecule has 1 aliphatic carbocycles. The maximum absolute atomic E-state index is 11.6. The molecule has 1 aromatic rings. The highest BCUT2D eigenvalue weighted by Crippen LogP contribution is 2.37. The minimum atomic E-state index is -0.633. The average Bonchev–Trinajstić information content (AvgIpc) is 3.21. The Morgan fingerprint density at radius 3 is 2.67 bits per heavy atom. The zero-order chi connectivity index (χ0) is 14.9. The van der Waals surface area contributed by atoms with Gasteiger partial charge in [-0.1, -0.05) is 13.3 Å². The van der Waals surface area contributed by atoms with Gasteiger partial charge in [0, 0.05) is 0 Å². The summed E-state index contributed by atoms with van der Waals surface area (Å²) >= 11 is 0. The molecule has 21 heavy (non-hydrogen) atoms. The van der Waals surface area contributed by atoms with Gasteiger partial charge in [-0.2, -0.15) is 0 Å². The van der Waals surface area contributed by atoms with Gasteiger partial charge < -0.3 is 5.11 Å². The van der Waals surface area contributed by atoms with Crippen LogP contribution in [-0.2, 0) is 11.3 Å². The van der Waals surface area contributed by atoms with Crippen molar-refractivity contribution in [3.05, 3.63) is 5.82 Å². The molecule has 0 amide bonds. The fraction of sp³-hybridized carbons (Fsp3) is 0.857. The number of nitrogens with zero attached hydrogens (tertiary/aromatic N) is 5. The molecule has 2 fully saturated rings. The van der Waals surface area contributed by atoms with E-state index in [4.69, 9.17) is 0 Å². The van der Waals surface area contributed by atoms with Crippen LogP contribution in [0.1, 0.15) is 57.3 Å². The number of tetrazole rings is 1. The molecule has 0 radical (unpaired) electrons. The normalized spacial score (nSPS) is 22.3. The van der Waals surface area contributed by atoms with Gasteiger partial charge in [0.05, 0.1) is 18.0 Å². The number of rotatable bonds is 6. The average molecular weight is 293 g/mol. The van der Waals surface area contributed by atoms with Gasteiger partial charge in [-0.3, -0.25) is 9.69 Å². The van der Waals surface area contributed by atoms with Crippen LogP contribution in [-0.4, -0.2) is 49.3 Å². The number of hydrogen-bond donors (Lipinski definition) is 1. The number of carboxylic acid groups (broad SMARTS) is 1. The molecule has 2 heterocycles. The van der Waals surface area contributed by atoms with Crippen LogP contribution in [0.5, 0.6) is 0 Å². The summed E-state index contributed by atoms with van der Waals surface area (Å²) in [6.07, 6.45) is 5.47. The fourth-order valence-electron chi connectivity index (χ4n) is 3.31. The van der Waals surface area contributed by atoms with E-state index in [1.807, 2.05) is 4.68 Å². The first-order chi connectivity index (χ1) is 10.1. The molecule has 1 aliphatic heterocycles. The summed E-state index contributed by atoms with van der Waals surface area (Å²) in [5.41, 5.74) is -0.520. The molecule has 116 valence electrons.